The SMILES string of the molecule is N#C/C(=C\c1cc(Br)c(OCc2cccc(F)c2)c(Br)c1)c1ccc([N+](=O)[O-])cc1. The van der Waals surface area contributed by atoms with Gasteiger partial charge in [-0.25, -0.2) is 4.39 Å². The van der Waals surface area contributed by atoms with Crippen LogP contribution in [0.3, 0.4) is 0 Å². The number of allylic oxidation sites excluding steroid dienone is 1. The van der Waals surface area contributed by atoms with E-state index in [0.29, 0.717) is 31.4 Å². The van der Waals surface area contributed by atoms with Crippen molar-refractivity contribution in [1.82, 2.24) is 0 Å². The van der Waals surface area contributed by atoms with Gasteiger partial charge in [0, 0.05) is 12.1 Å². The molecular weight excluding hydrogens is 519 g/mol. The summed E-state index contributed by atoms with van der Waals surface area (Å²) in [6.45, 7) is 0.191. The van der Waals surface area contributed by atoms with Crippen LogP contribution in [0.25, 0.3) is 11.6 Å². The Morgan fingerprint density at radius 3 is 2.37 bits per heavy atom. The predicted molar refractivity (Wildman–Crippen MR) is 119 cm³/mol. The minimum atomic E-state index is -0.490. The van der Waals surface area contributed by atoms with E-state index >= 15 is 0 Å². The summed E-state index contributed by atoms with van der Waals surface area (Å²) in [6.07, 6.45) is 1.67. The van der Waals surface area contributed by atoms with Gasteiger partial charge in [0.1, 0.15) is 18.2 Å². The average Bonchev–Trinajstić information content (AvgIpc) is 2.71. The fraction of sp³-hybridized carbons (Fsp3) is 0.0455. The first-order valence-corrected chi connectivity index (χ1v) is 10.2. The monoisotopic (exact) mass is 530 g/mol. The largest absolute Gasteiger partial charge is 0.487 e. The lowest BCUT2D eigenvalue weighted by atomic mass is 10.0. The second-order valence-corrected chi connectivity index (χ2v) is 7.91. The molecule has 3 aromatic rings. The second-order valence-electron chi connectivity index (χ2n) is 6.21. The quantitative estimate of drug-likeness (QED) is 0.150. The zero-order chi connectivity index (χ0) is 21.7. The number of halogens is 3. The van der Waals surface area contributed by atoms with Crippen molar-refractivity contribution in [2.45, 2.75) is 6.61 Å². The normalized spacial score (nSPS) is 11.1. The number of nitro groups is 1. The van der Waals surface area contributed by atoms with Gasteiger partial charge in [-0.15, -0.1) is 0 Å². The molecule has 0 bridgehead atoms. The molecule has 0 unspecified atom stereocenters. The number of benzene rings is 3. The summed E-state index contributed by atoms with van der Waals surface area (Å²) in [5.74, 6) is 0.218. The van der Waals surface area contributed by atoms with Crippen LogP contribution >= 0.6 is 31.9 Å². The van der Waals surface area contributed by atoms with Gasteiger partial charge in [-0.2, -0.15) is 5.26 Å². The molecular formula is C22H13Br2FN2O3. The number of nitriles is 1. The number of hydrogen-bond acceptors (Lipinski definition) is 4. The molecule has 0 radical (unpaired) electrons. The van der Waals surface area contributed by atoms with E-state index in [1.165, 1.54) is 36.4 Å². The van der Waals surface area contributed by atoms with Crippen LogP contribution < -0.4 is 4.74 Å². The molecule has 0 amide bonds. The van der Waals surface area contributed by atoms with E-state index in [2.05, 4.69) is 37.9 Å². The summed E-state index contributed by atoms with van der Waals surface area (Å²) in [5, 5.41) is 20.3. The van der Waals surface area contributed by atoms with Crippen LogP contribution in [0.2, 0.25) is 0 Å². The Labute approximate surface area is 188 Å². The Morgan fingerprint density at radius 1 is 1.13 bits per heavy atom. The summed E-state index contributed by atoms with van der Waals surface area (Å²) in [6, 6.07) is 17.6. The van der Waals surface area contributed by atoms with E-state index in [0.717, 1.165) is 5.56 Å². The van der Waals surface area contributed by atoms with Gasteiger partial charge < -0.3 is 4.74 Å². The van der Waals surface area contributed by atoms with E-state index < -0.39 is 4.92 Å². The minimum Gasteiger partial charge on any atom is -0.487 e. The highest BCUT2D eigenvalue weighted by Gasteiger charge is 2.11. The van der Waals surface area contributed by atoms with Crippen LogP contribution in [-0.2, 0) is 6.61 Å². The van der Waals surface area contributed by atoms with E-state index in [-0.39, 0.29) is 18.1 Å². The van der Waals surface area contributed by atoms with Gasteiger partial charge in [0.05, 0.1) is 25.5 Å². The molecule has 0 aromatic heterocycles. The van der Waals surface area contributed by atoms with Crippen LogP contribution in [0.4, 0.5) is 10.1 Å². The van der Waals surface area contributed by atoms with Gasteiger partial charge in [-0.3, -0.25) is 10.1 Å². The molecule has 0 aliphatic rings. The lowest BCUT2D eigenvalue weighted by molar-refractivity contribution is -0.384. The van der Waals surface area contributed by atoms with Crippen LogP contribution in [-0.4, -0.2) is 4.92 Å². The Morgan fingerprint density at radius 2 is 1.80 bits per heavy atom. The van der Waals surface area contributed by atoms with Crippen molar-refractivity contribution in [1.29, 1.82) is 5.26 Å². The summed E-state index contributed by atoms with van der Waals surface area (Å²) in [5.41, 5.74) is 2.31. The zero-order valence-electron chi connectivity index (χ0n) is 15.3. The first kappa shape index (κ1) is 21.7. The third kappa shape index (κ3) is 5.32. The van der Waals surface area contributed by atoms with E-state index in [4.69, 9.17) is 4.74 Å². The number of ether oxygens (including phenoxy) is 1. The van der Waals surface area contributed by atoms with Gasteiger partial charge in [0.25, 0.3) is 5.69 Å². The highest BCUT2D eigenvalue weighted by Crippen LogP contribution is 2.36. The van der Waals surface area contributed by atoms with Gasteiger partial charge in [-0.1, -0.05) is 12.1 Å². The van der Waals surface area contributed by atoms with Crippen LogP contribution in [0.1, 0.15) is 16.7 Å². The third-order valence-electron chi connectivity index (χ3n) is 4.11. The summed E-state index contributed by atoms with van der Waals surface area (Å²) >= 11 is 6.93. The summed E-state index contributed by atoms with van der Waals surface area (Å²) in [7, 11) is 0. The molecule has 0 atom stereocenters. The lowest BCUT2D eigenvalue weighted by Crippen LogP contribution is -1.98. The van der Waals surface area contributed by atoms with Gasteiger partial charge in [0.15, 0.2) is 0 Å². The third-order valence-corrected chi connectivity index (χ3v) is 5.29. The smallest absolute Gasteiger partial charge is 0.269 e. The predicted octanol–water partition coefficient (Wildman–Crippen LogP) is 6.90. The van der Waals surface area contributed by atoms with Crippen molar-refractivity contribution in [2.75, 3.05) is 0 Å². The molecule has 0 spiro atoms. The Bertz CT molecular complexity index is 1150. The van der Waals surface area contributed by atoms with Gasteiger partial charge >= 0.3 is 0 Å². The standard InChI is InChI=1S/C22H13Br2FN2O3/c23-20-10-15(8-17(12-26)16-4-6-19(7-5-16)27(28)29)11-21(24)22(20)30-13-14-2-1-3-18(25)9-14/h1-11H,13H2/b17-8+. The van der Waals surface area contributed by atoms with Gasteiger partial charge in [-0.05, 0) is 91.0 Å². The molecule has 0 saturated carbocycles. The first-order chi connectivity index (χ1) is 14.4. The number of nitrogens with zero attached hydrogens (tertiary/aromatic N) is 2. The molecule has 3 aromatic carbocycles. The van der Waals surface area contributed by atoms with Crippen molar-refractivity contribution >= 4 is 49.2 Å². The maximum Gasteiger partial charge on any atom is 0.269 e. The van der Waals surface area contributed by atoms with E-state index in [1.54, 1.807) is 30.3 Å². The molecule has 0 heterocycles. The fourth-order valence-electron chi connectivity index (χ4n) is 2.69. The van der Waals surface area contributed by atoms with Crippen molar-refractivity contribution in [3.63, 3.8) is 0 Å². The maximum atomic E-state index is 13.3. The lowest BCUT2D eigenvalue weighted by Gasteiger charge is -2.12. The molecule has 0 aliphatic carbocycles. The molecule has 150 valence electrons. The molecule has 0 fully saturated rings. The maximum absolute atomic E-state index is 13.3. The number of hydrogen-bond donors (Lipinski definition) is 0. The average molecular weight is 532 g/mol. The molecule has 0 saturated heterocycles. The van der Waals surface area contributed by atoms with E-state index in [1.807, 2.05) is 0 Å². The fourth-order valence-corrected chi connectivity index (χ4v) is 4.14. The number of nitro benzene ring substituents is 1. The Kier molecular flexibility index (Phi) is 6.98. The van der Waals surface area contributed by atoms with Crippen molar-refractivity contribution in [2.24, 2.45) is 0 Å². The second kappa shape index (κ2) is 9.65. The van der Waals surface area contributed by atoms with Crippen LogP contribution in [0.5, 0.6) is 5.75 Å². The van der Waals surface area contributed by atoms with E-state index in [9.17, 15) is 19.8 Å². The van der Waals surface area contributed by atoms with Gasteiger partial charge in [0.2, 0.25) is 0 Å². The Balaban J connectivity index is 1.84. The molecule has 30 heavy (non-hydrogen) atoms. The number of non-ortho nitro benzene ring substituents is 1. The number of rotatable bonds is 6. The Hall–Kier alpha value is -3.02. The van der Waals surface area contributed by atoms with Crippen LogP contribution in [0.15, 0.2) is 69.6 Å². The molecule has 3 rings (SSSR count). The topological polar surface area (TPSA) is 76.2 Å². The molecule has 8 heteroatoms. The van der Waals surface area contributed by atoms with Crippen molar-refractivity contribution in [3.8, 4) is 11.8 Å². The minimum absolute atomic E-state index is 0.0404. The van der Waals surface area contributed by atoms with Crippen molar-refractivity contribution in [3.05, 3.63) is 102 Å². The highest BCUT2D eigenvalue weighted by molar-refractivity contribution is 9.11. The first-order valence-electron chi connectivity index (χ1n) is 8.60. The molecule has 0 aliphatic heterocycles. The molecule has 5 nitrogen and oxygen atoms in total. The molecule has 0 N–H and O–H groups in total. The summed E-state index contributed by atoms with van der Waals surface area (Å²) < 4.78 is 20.4. The van der Waals surface area contributed by atoms with Crippen molar-refractivity contribution < 1.29 is 14.1 Å². The zero-order valence-corrected chi connectivity index (χ0v) is 18.5. The summed E-state index contributed by atoms with van der Waals surface area (Å²) in [4.78, 5) is 10.3. The highest BCUT2D eigenvalue weighted by atomic mass is 79.9. The van der Waals surface area contributed by atoms with Crippen LogP contribution in [0, 0.1) is 27.3 Å².